The molecule has 0 radical (unpaired) electrons. The predicted octanol–water partition coefficient (Wildman–Crippen LogP) is 6.32. The van der Waals surface area contributed by atoms with E-state index >= 15 is 0 Å². The van der Waals surface area contributed by atoms with Gasteiger partial charge in [0.15, 0.2) is 9.84 Å². The number of likely N-dealkylation sites (N-methyl/N-ethyl adjacent to an activating group) is 1. The number of carbonyl (C=O) groups is 1. The summed E-state index contributed by atoms with van der Waals surface area (Å²) in [5.74, 6) is 0.383. The third-order valence-electron chi connectivity index (χ3n) is 7.13. The van der Waals surface area contributed by atoms with Gasteiger partial charge in [-0.25, -0.2) is 8.42 Å². The van der Waals surface area contributed by atoms with Crippen molar-refractivity contribution >= 4 is 38.8 Å². The van der Waals surface area contributed by atoms with Crippen LogP contribution in [0.25, 0.3) is 0 Å². The van der Waals surface area contributed by atoms with Gasteiger partial charge in [-0.15, -0.1) is 0 Å². The smallest absolute Gasteiger partial charge is 0.178 e. The molecule has 0 saturated carbocycles. The van der Waals surface area contributed by atoms with Gasteiger partial charge in [-0.05, 0) is 67.3 Å². The molecule has 1 heterocycles. The second-order valence-corrected chi connectivity index (χ2v) is 13.5. The van der Waals surface area contributed by atoms with Gasteiger partial charge in [0.25, 0.3) is 0 Å². The zero-order chi connectivity index (χ0) is 29.7. The molecule has 2 aromatic carbocycles. The Balaban J connectivity index is 1.31. The second-order valence-electron chi connectivity index (χ2n) is 10.5. The molecular formula is C31H43Cl2NO6S. The highest BCUT2D eigenvalue weighted by molar-refractivity contribution is 7.91. The molecule has 0 N–H and O–H groups in total. The van der Waals surface area contributed by atoms with Crippen molar-refractivity contribution in [3.8, 4) is 0 Å². The summed E-state index contributed by atoms with van der Waals surface area (Å²) in [6.07, 6.45) is 4.40. The van der Waals surface area contributed by atoms with Crippen LogP contribution in [0.2, 0.25) is 10.0 Å². The number of fused-ring (bicyclic) bond motifs is 1. The van der Waals surface area contributed by atoms with Gasteiger partial charge in [-0.2, -0.15) is 0 Å². The fourth-order valence-corrected chi connectivity index (χ4v) is 6.77. The third kappa shape index (κ3) is 11.2. The summed E-state index contributed by atoms with van der Waals surface area (Å²) >= 11 is 12.8. The number of carbonyl (C=O) groups excluding carboxylic acids is 1. The molecule has 0 fully saturated rings. The van der Waals surface area contributed by atoms with Gasteiger partial charge in [0.2, 0.25) is 0 Å². The van der Waals surface area contributed by atoms with E-state index in [9.17, 15) is 13.2 Å². The fraction of sp³-hybridized carbons (Fsp3) is 0.581. The Kier molecular flexibility index (Phi) is 14.6. The van der Waals surface area contributed by atoms with Crippen molar-refractivity contribution in [1.29, 1.82) is 0 Å². The van der Waals surface area contributed by atoms with E-state index in [1.165, 1.54) is 0 Å². The predicted molar refractivity (Wildman–Crippen MR) is 164 cm³/mol. The number of hydrogen-bond donors (Lipinski definition) is 0. The SMILES string of the molecule is CCCCC(=O)CCCOCCOCCOCCCS(=O)(=O)c1ccc([C@@H]2CN(C)Cc3c(Cl)cc(Cl)cc32)cc1. The van der Waals surface area contributed by atoms with Gasteiger partial charge in [-0.3, -0.25) is 4.79 Å². The first-order valence-corrected chi connectivity index (χ1v) is 16.9. The van der Waals surface area contributed by atoms with Gasteiger partial charge >= 0.3 is 0 Å². The van der Waals surface area contributed by atoms with Crippen LogP contribution >= 0.6 is 23.2 Å². The Hall–Kier alpha value is -1.52. The van der Waals surface area contributed by atoms with Crippen LogP contribution in [0, 0.1) is 0 Å². The van der Waals surface area contributed by atoms with Crippen LogP contribution in [-0.4, -0.2) is 78.1 Å². The molecular weight excluding hydrogens is 585 g/mol. The molecule has 0 saturated heterocycles. The Bertz CT molecular complexity index is 1210. The zero-order valence-electron chi connectivity index (χ0n) is 24.2. The number of rotatable bonds is 19. The normalized spacial score (nSPS) is 15.7. The Morgan fingerprint density at radius 2 is 1.51 bits per heavy atom. The molecule has 10 heteroatoms. The summed E-state index contributed by atoms with van der Waals surface area (Å²) < 4.78 is 42.2. The number of nitrogens with zero attached hydrogens (tertiary/aromatic N) is 1. The lowest BCUT2D eigenvalue weighted by atomic mass is 9.85. The molecule has 0 spiro atoms. The molecule has 0 bridgehead atoms. The number of sulfone groups is 1. The van der Waals surface area contributed by atoms with E-state index in [1.54, 1.807) is 18.2 Å². The molecule has 7 nitrogen and oxygen atoms in total. The van der Waals surface area contributed by atoms with Gasteiger partial charge < -0.3 is 19.1 Å². The lowest BCUT2D eigenvalue weighted by molar-refractivity contribution is -0.119. The van der Waals surface area contributed by atoms with E-state index in [2.05, 4.69) is 11.8 Å². The molecule has 0 aromatic heterocycles. The van der Waals surface area contributed by atoms with Crippen LogP contribution in [0.1, 0.15) is 68.1 Å². The Morgan fingerprint density at radius 1 is 0.902 bits per heavy atom. The fourth-order valence-electron chi connectivity index (χ4n) is 4.92. The molecule has 3 rings (SSSR count). The van der Waals surface area contributed by atoms with Crippen molar-refractivity contribution in [2.45, 2.75) is 62.8 Å². The molecule has 1 aliphatic rings. The number of hydrogen-bond acceptors (Lipinski definition) is 7. The molecule has 2 aromatic rings. The summed E-state index contributed by atoms with van der Waals surface area (Å²) in [5.41, 5.74) is 3.18. The standard InChI is InChI=1S/C31H43Cl2NO6S/c1-3-4-7-26(35)8-5-13-38-15-17-40-18-16-39-14-6-19-41(36,37)27-11-9-24(10-12-27)29-22-34(2)23-30-28(29)20-25(32)21-31(30)33/h9-12,20-21,29H,3-8,13-19,22-23H2,1-2H3/t29-/m0/s1. The van der Waals surface area contributed by atoms with Crippen molar-refractivity contribution in [3.63, 3.8) is 0 Å². The topological polar surface area (TPSA) is 82.1 Å². The largest absolute Gasteiger partial charge is 0.379 e. The van der Waals surface area contributed by atoms with Gasteiger partial charge in [0.05, 0.1) is 37.1 Å². The van der Waals surface area contributed by atoms with Crippen LogP contribution < -0.4 is 0 Å². The van der Waals surface area contributed by atoms with E-state index < -0.39 is 9.84 Å². The maximum absolute atomic E-state index is 12.9. The van der Waals surface area contributed by atoms with Crippen LogP contribution in [0.3, 0.4) is 0 Å². The first-order valence-electron chi connectivity index (χ1n) is 14.4. The summed E-state index contributed by atoms with van der Waals surface area (Å²) in [7, 11) is -1.37. The highest BCUT2D eigenvalue weighted by atomic mass is 35.5. The van der Waals surface area contributed by atoms with Crippen LogP contribution in [0.5, 0.6) is 0 Å². The zero-order valence-corrected chi connectivity index (χ0v) is 26.5. The van der Waals surface area contributed by atoms with E-state index in [0.29, 0.717) is 79.6 Å². The van der Waals surface area contributed by atoms with E-state index in [-0.39, 0.29) is 11.7 Å². The minimum Gasteiger partial charge on any atom is -0.379 e. The number of unbranched alkanes of at least 4 members (excludes halogenated alkanes) is 1. The Morgan fingerprint density at radius 3 is 2.17 bits per heavy atom. The molecule has 228 valence electrons. The Labute approximate surface area is 255 Å². The monoisotopic (exact) mass is 627 g/mol. The highest BCUT2D eigenvalue weighted by Gasteiger charge is 2.27. The lowest BCUT2D eigenvalue weighted by Crippen LogP contribution is -2.31. The number of Topliss-reactive ketones (excluding diaryl/α,β-unsaturated/α-hetero) is 1. The number of ketones is 1. The summed E-state index contributed by atoms with van der Waals surface area (Å²) in [5, 5.41) is 1.26. The summed E-state index contributed by atoms with van der Waals surface area (Å²) in [6, 6.07) is 10.9. The average molecular weight is 629 g/mol. The maximum atomic E-state index is 12.9. The number of halogens is 2. The van der Waals surface area contributed by atoms with Crippen LogP contribution in [0.15, 0.2) is 41.3 Å². The van der Waals surface area contributed by atoms with Crippen molar-refractivity contribution in [2.24, 2.45) is 0 Å². The minimum absolute atomic E-state index is 0.0161. The van der Waals surface area contributed by atoms with Crippen molar-refractivity contribution in [1.82, 2.24) is 4.90 Å². The first-order chi connectivity index (χ1) is 19.7. The highest BCUT2D eigenvalue weighted by Crippen LogP contribution is 2.38. The second kappa shape index (κ2) is 17.6. The van der Waals surface area contributed by atoms with E-state index in [1.807, 2.05) is 25.2 Å². The average Bonchev–Trinajstić information content (AvgIpc) is 2.94. The molecule has 1 aliphatic heterocycles. The van der Waals surface area contributed by atoms with Crippen molar-refractivity contribution in [3.05, 3.63) is 63.1 Å². The third-order valence-corrected chi connectivity index (χ3v) is 9.51. The van der Waals surface area contributed by atoms with Gasteiger partial charge in [-0.1, -0.05) is 48.7 Å². The van der Waals surface area contributed by atoms with Crippen LogP contribution in [0.4, 0.5) is 0 Å². The minimum atomic E-state index is -3.42. The molecule has 0 aliphatic carbocycles. The van der Waals surface area contributed by atoms with E-state index in [0.717, 1.165) is 49.0 Å². The quantitative estimate of drug-likeness (QED) is 0.168. The first kappa shape index (κ1) is 34.0. The number of benzene rings is 2. The van der Waals surface area contributed by atoms with Crippen LogP contribution in [-0.2, 0) is 35.4 Å². The lowest BCUT2D eigenvalue weighted by Gasteiger charge is -2.33. The van der Waals surface area contributed by atoms with Gasteiger partial charge in [0.1, 0.15) is 5.78 Å². The summed E-state index contributed by atoms with van der Waals surface area (Å²) in [4.78, 5) is 14.1. The molecule has 41 heavy (non-hydrogen) atoms. The summed E-state index contributed by atoms with van der Waals surface area (Å²) in [6.45, 7) is 6.28. The van der Waals surface area contributed by atoms with E-state index in [4.69, 9.17) is 37.4 Å². The van der Waals surface area contributed by atoms with Crippen molar-refractivity contribution < 1.29 is 27.4 Å². The molecule has 0 amide bonds. The number of ether oxygens (including phenoxy) is 3. The molecule has 1 atom stereocenters. The molecule has 0 unspecified atom stereocenters. The van der Waals surface area contributed by atoms with Gasteiger partial charge in [0, 0.05) is 55.1 Å². The maximum Gasteiger partial charge on any atom is 0.178 e. The van der Waals surface area contributed by atoms with Crippen molar-refractivity contribution in [2.75, 3.05) is 59.0 Å².